The van der Waals surface area contributed by atoms with Crippen molar-refractivity contribution in [3.8, 4) is 0 Å². The van der Waals surface area contributed by atoms with Gasteiger partial charge in [0.1, 0.15) is 0 Å². The summed E-state index contributed by atoms with van der Waals surface area (Å²) in [7, 11) is 0. The topological polar surface area (TPSA) is 0 Å². The molecular formula is C2H5BBrCl. The van der Waals surface area contributed by atoms with Gasteiger partial charge in [-0.25, -0.2) is 0 Å². The van der Waals surface area contributed by atoms with Crippen LogP contribution in [-0.4, -0.2) is 4.95 Å². The molecule has 0 nitrogen and oxygen atoms in total. The minimum absolute atomic E-state index is 0.169. The predicted molar refractivity (Wildman–Crippen MR) is 31.0 cm³/mol. The molecule has 0 saturated heterocycles. The molecule has 0 aromatic rings. The minimum atomic E-state index is 0.169. The third kappa shape index (κ3) is 4.83. The summed E-state index contributed by atoms with van der Waals surface area (Å²) in [5.41, 5.74) is 0. The van der Waals surface area contributed by atoms with E-state index in [4.69, 9.17) is 11.5 Å². The first kappa shape index (κ1) is 5.83. The molecule has 0 fully saturated rings. The summed E-state index contributed by atoms with van der Waals surface area (Å²) in [6, 6.07) is 0. The van der Waals surface area contributed by atoms with Crippen LogP contribution in [0.25, 0.3) is 0 Å². The average Bonchev–Trinajstić information content (AvgIpc) is 1.38. The van der Waals surface area contributed by atoms with E-state index in [9.17, 15) is 0 Å². The number of hydrogen-bond acceptors (Lipinski definition) is 0. The van der Waals surface area contributed by atoms with Crippen LogP contribution in [0, 0.1) is 0 Å². The zero-order valence-corrected chi connectivity index (χ0v) is 5.38. The standard InChI is InChI=1S/C2H5BBrCl/c1-2-3(4)5/h2H2,1H3. The van der Waals surface area contributed by atoms with Gasteiger partial charge < -0.3 is 0 Å². The quantitative estimate of drug-likeness (QED) is 0.509. The van der Waals surface area contributed by atoms with Gasteiger partial charge in [0, 0.05) is 0 Å². The molecule has 0 saturated carbocycles. The molecule has 0 bridgehead atoms. The molecule has 0 spiro atoms. The van der Waals surface area contributed by atoms with E-state index in [2.05, 4.69) is 15.8 Å². The summed E-state index contributed by atoms with van der Waals surface area (Å²) in [6.45, 7) is 2.02. The Hall–Kier alpha value is 0.835. The van der Waals surface area contributed by atoms with Gasteiger partial charge in [-0.05, 0) is 0 Å². The fourth-order valence-electron chi connectivity index (χ4n) is 0. The lowest BCUT2D eigenvalue weighted by molar-refractivity contribution is 1.47. The number of rotatable bonds is 1. The maximum atomic E-state index is 5.38. The van der Waals surface area contributed by atoms with Crippen molar-refractivity contribution >= 4 is 32.2 Å². The van der Waals surface area contributed by atoms with E-state index in [1.54, 1.807) is 0 Å². The lowest BCUT2D eigenvalue weighted by Crippen LogP contribution is -1.81. The molecule has 0 heterocycles. The maximum absolute atomic E-state index is 5.38. The van der Waals surface area contributed by atoms with E-state index in [-0.39, 0.29) is 4.95 Å². The Morgan fingerprint density at radius 3 is 2.20 bits per heavy atom. The van der Waals surface area contributed by atoms with E-state index in [1.165, 1.54) is 0 Å². The Bertz CT molecular complexity index is 23.6. The first-order valence-corrected chi connectivity index (χ1v) is 2.90. The molecule has 0 radical (unpaired) electrons. The fourth-order valence-corrected chi connectivity index (χ4v) is 0. The SMILES string of the molecule is CCB(Cl)Br. The van der Waals surface area contributed by atoms with Gasteiger partial charge in [0.15, 0.2) is 0 Å². The normalized spacial score (nSPS) is 7.80. The largest absolute Gasteiger partial charge is 0.324 e. The van der Waals surface area contributed by atoms with E-state index in [0.29, 0.717) is 0 Å². The zero-order valence-electron chi connectivity index (χ0n) is 3.04. The Morgan fingerprint density at radius 2 is 2.20 bits per heavy atom. The van der Waals surface area contributed by atoms with E-state index in [1.807, 2.05) is 6.92 Å². The molecule has 0 N–H and O–H groups in total. The van der Waals surface area contributed by atoms with Crippen LogP contribution in [0.5, 0.6) is 0 Å². The van der Waals surface area contributed by atoms with Gasteiger partial charge in [0.25, 0.3) is 0 Å². The molecule has 0 aliphatic heterocycles. The van der Waals surface area contributed by atoms with Crippen molar-refractivity contribution in [2.45, 2.75) is 13.2 Å². The lowest BCUT2D eigenvalue weighted by atomic mass is 10.1. The van der Waals surface area contributed by atoms with E-state index >= 15 is 0 Å². The van der Waals surface area contributed by atoms with Crippen molar-refractivity contribution < 1.29 is 0 Å². The first-order valence-electron chi connectivity index (χ1n) is 1.55. The van der Waals surface area contributed by atoms with Crippen molar-refractivity contribution in [2.24, 2.45) is 0 Å². The summed E-state index contributed by atoms with van der Waals surface area (Å²) in [5.74, 6) is 0. The fraction of sp³-hybridized carbons (Fsp3) is 1.00. The minimum Gasteiger partial charge on any atom is -0.179 e. The van der Waals surface area contributed by atoms with Crippen LogP contribution in [0.1, 0.15) is 6.92 Å². The van der Waals surface area contributed by atoms with Gasteiger partial charge >= 0.3 is 4.95 Å². The number of halogens is 2. The van der Waals surface area contributed by atoms with Crippen LogP contribution < -0.4 is 0 Å². The highest BCUT2D eigenvalue weighted by molar-refractivity contribution is 9.26. The van der Waals surface area contributed by atoms with Crippen LogP contribution in [0.2, 0.25) is 6.32 Å². The van der Waals surface area contributed by atoms with E-state index < -0.39 is 0 Å². The van der Waals surface area contributed by atoms with Gasteiger partial charge in [0.05, 0.1) is 0 Å². The van der Waals surface area contributed by atoms with E-state index in [0.717, 1.165) is 6.32 Å². The predicted octanol–water partition coefficient (Wildman–Crippen LogP) is 2.13. The Labute approximate surface area is 45.9 Å². The third-order valence-electron chi connectivity index (χ3n) is 0.309. The smallest absolute Gasteiger partial charge is 0.179 e. The average molecular weight is 155 g/mol. The van der Waals surface area contributed by atoms with Crippen LogP contribution in [0.3, 0.4) is 0 Å². The summed E-state index contributed by atoms with van der Waals surface area (Å²) in [5, 5.41) is 0. The molecule has 0 aromatic heterocycles. The summed E-state index contributed by atoms with van der Waals surface area (Å²) in [6.07, 6.45) is 0.988. The Morgan fingerprint density at radius 1 is 2.00 bits per heavy atom. The van der Waals surface area contributed by atoms with Gasteiger partial charge in [-0.1, -0.05) is 13.2 Å². The molecule has 0 rings (SSSR count). The molecule has 0 atom stereocenters. The van der Waals surface area contributed by atoms with Gasteiger partial charge in [-0.2, -0.15) is 11.5 Å². The lowest BCUT2D eigenvalue weighted by Gasteiger charge is -1.78. The Balaban J connectivity index is 2.54. The van der Waals surface area contributed by atoms with Crippen LogP contribution in [0.4, 0.5) is 0 Å². The van der Waals surface area contributed by atoms with Crippen molar-refractivity contribution in [3.63, 3.8) is 0 Å². The number of hydrogen-bond donors (Lipinski definition) is 0. The molecule has 3 heteroatoms. The molecule has 30 valence electrons. The highest BCUT2D eigenvalue weighted by atomic mass is 79.9. The molecule has 0 unspecified atom stereocenters. The van der Waals surface area contributed by atoms with Crippen molar-refractivity contribution in [2.75, 3.05) is 0 Å². The zero-order chi connectivity index (χ0) is 4.28. The van der Waals surface area contributed by atoms with Crippen LogP contribution in [0.15, 0.2) is 0 Å². The molecular weight excluding hydrogens is 150 g/mol. The monoisotopic (exact) mass is 154 g/mol. The van der Waals surface area contributed by atoms with Crippen LogP contribution >= 0.6 is 27.2 Å². The first-order chi connectivity index (χ1) is 2.27. The van der Waals surface area contributed by atoms with Gasteiger partial charge in [-0.15, -0.1) is 15.8 Å². The summed E-state index contributed by atoms with van der Waals surface area (Å²) >= 11 is 8.52. The third-order valence-corrected chi connectivity index (χ3v) is 1.26. The highest BCUT2D eigenvalue weighted by Gasteiger charge is 1.95. The van der Waals surface area contributed by atoms with Gasteiger partial charge in [-0.3, -0.25) is 0 Å². The Kier molecular flexibility index (Phi) is 3.55. The van der Waals surface area contributed by atoms with Gasteiger partial charge in [0.2, 0.25) is 0 Å². The maximum Gasteiger partial charge on any atom is 0.324 e. The second-order valence-electron chi connectivity index (χ2n) is 0.799. The molecule has 5 heavy (non-hydrogen) atoms. The summed E-state index contributed by atoms with van der Waals surface area (Å²) < 4.78 is 0. The van der Waals surface area contributed by atoms with Crippen molar-refractivity contribution in [3.05, 3.63) is 0 Å². The molecule has 0 aromatic carbocycles. The van der Waals surface area contributed by atoms with Crippen molar-refractivity contribution in [1.29, 1.82) is 0 Å². The summed E-state index contributed by atoms with van der Waals surface area (Å²) in [4.78, 5) is 0.169. The highest BCUT2D eigenvalue weighted by Crippen LogP contribution is 2.02. The molecule has 0 aliphatic carbocycles. The molecule has 0 amide bonds. The van der Waals surface area contributed by atoms with Crippen molar-refractivity contribution in [1.82, 2.24) is 0 Å². The second-order valence-corrected chi connectivity index (χ2v) is 2.96. The second kappa shape index (κ2) is 3.04. The van der Waals surface area contributed by atoms with Crippen LogP contribution in [-0.2, 0) is 0 Å². The molecule has 0 aliphatic rings.